The summed E-state index contributed by atoms with van der Waals surface area (Å²) in [6.07, 6.45) is 2.82. The van der Waals surface area contributed by atoms with Crippen molar-refractivity contribution < 1.29 is 4.79 Å². The number of amides is 2. The molecule has 0 radical (unpaired) electrons. The first kappa shape index (κ1) is 17.5. The molecule has 3 aromatic rings. The Balaban J connectivity index is 1.34. The standard InChI is InChI=1S/C20H20ClN5O/c21-17-8-6-15(7-9-17)12-22-20(27)25-11-10-18(13-25)26-14-19(23-24-26)16-4-2-1-3-5-16/h1-9,14,18H,10-13H2,(H,22,27). The van der Waals surface area contributed by atoms with Crippen LogP contribution < -0.4 is 5.32 Å². The fourth-order valence-electron chi connectivity index (χ4n) is 3.23. The SMILES string of the molecule is O=C(NCc1ccc(Cl)cc1)N1CCC(n2cc(-c3ccccc3)nn2)C1. The maximum atomic E-state index is 12.4. The third-order valence-electron chi connectivity index (χ3n) is 4.76. The molecule has 1 atom stereocenters. The summed E-state index contributed by atoms with van der Waals surface area (Å²) in [5.74, 6) is 0. The van der Waals surface area contributed by atoms with Crippen LogP contribution in [0, 0.1) is 0 Å². The molecule has 0 aliphatic carbocycles. The first-order valence-electron chi connectivity index (χ1n) is 8.93. The summed E-state index contributed by atoms with van der Waals surface area (Å²) in [7, 11) is 0. The van der Waals surface area contributed by atoms with E-state index in [4.69, 9.17) is 11.6 Å². The number of halogens is 1. The molecule has 4 rings (SSSR count). The van der Waals surface area contributed by atoms with Crippen LogP contribution in [0.5, 0.6) is 0 Å². The summed E-state index contributed by atoms with van der Waals surface area (Å²) in [6.45, 7) is 1.82. The van der Waals surface area contributed by atoms with Gasteiger partial charge < -0.3 is 10.2 Å². The second-order valence-electron chi connectivity index (χ2n) is 6.62. The van der Waals surface area contributed by atoms with Crippen LogP contribution in [-0.4, -0.2) is 39.0 Å². The fourth-order valence-corrected chi connectivity index (χ4v) is 3.36. The van der Waals surface area contributed by atoms with Crippen LogP contribution in [0.3, 0.4) is 0 Å². The molecule has 1 unspecified atom stereocenters. The fraction of sp³-hybridized carbons (Fsp3) is 0.250. The molecular weight excluding hydrogens is 362 g/mol. The van der Waals surface area contributed by atoms with E-state index in [9.17, 15) is 4.79 Å². The van der Waals surface area contributed by atoms with Crippen molar-refractivity contribution in [3.05, 3.63) is 71.4 Å². The summed E-state index contributed by atoms with van der Waals surface area (Å²) in [5.41, 5.74) is 2.91. The second kappa shape index (κ2) is 7.80. The number of hydrogen-bond donors (Lipinski definition) is 1. The maximum Gasteiger partial charge on any atom is 0.317 e. The molecule has 2 amide bonds. The predicted molar refractivity (Wildman–Crippen MR) is 104 cm³/mol. The van der Waals surface area contributed by atoms with Crippen LogP contribution in [0.2, 0.25) is 5.02 Å². The van der Waals surface area contributed by atoms with Crippen LogP contribution >= 0.6 is 11.6 Å². The van der Waals surface area contributed by atoms with E-state index in [0.29, 0.717) is 24.7 Å². The van der Waals surface area contributed by atoms with Crippen LogP contribution in [0.15, 0.2) is 60.8 Å². The van der Waals surface area contributed by atoms with Gasteiger partial charge in [0.15, 0.2) is 0 Å². The van der Waals surface area contributed by atoms with Crippen molar-refractivity contribution in [1.29, 1.82) is 0 Å². The summed E-state index contributed by atoms with van der Waals surface area (Å²) >= 11 is 5.88. The highest BCUT2D eigenvalue weighted by atomic mass is 35.5. The highest BCUT2D eigenvalue weighted by Crippen LogP contribution is 2.23. The van der Waals surface area contributed by atoms with Gasteiger partial charge in [-0.15, -0.1) is 5.10 Å². The molecule has 6 nitrogen and oxygen atoms in total. The summed E-state index contributed by atoms with van der Waals surface area (Å²) in [5, 5.41) is 12.2. The topological polar surface area (TPSA) is 63.1 Å². The van der Waals surface area contributed by atoms with E-state index in [1.807, 2.05) is 70.4 Å². The molecule has 2 aromatic carbocycles. The van der Waals surface area contributed by atoms with Gasteiger partial charge in [0.2, 0.25) is 0 Å². The van der Waals surface area contributed by atoms with Crippen molar-refractivity contribution in [3.8, 4) is 11.3 Å². The molecule has 1 aliphatic heterocycles. The largest absolute Gasteiger partial charge is 0.334 e. The Labute approximate surface area is 162 Å². The Bertz CT molecular complexity index is 910. The lowest BCUT2D eigenvalue weighted by atomic mass is 10.2. The number of hydrogen-bond acceptors (Lipinski definition) is 3. The summed E-state index contributed by atoms with van der Waals surface area (Å²) in [4.78, 5) is 14.3. The van der Waals surface area contributed by atoms with Gasteiger partial charge in [-0.05, 0) is 24.1 Å². The van der Waals surface area contributed by atoms with Crippen LogP contribution in [0.25, 0.3) is 11.3 Å². The van der Waals surface area contributed by atoms with Gasteiger partial charge in [0.25, 0.3) is 0 Å². The molecule has 1 fully saturated rings. The molecule has 27 heavy (non-hydrogen) atoms. The molecule has 0 spiro atoms. The minimum Gasteiger partial charge on any atom is -0.334 e. The molecule has 7 heteroatoms. The van der Waals surface area contributed by atoms with Gasteiger partial charge in [0.05, 0.1) is 12.2 Å². The van der Waals surface area contributed by atoms with Crippen LogP contribution in [-0.2, 0) is 6.54 Å². The third-order valence-corrected chi connectivity index (χ3v) is 5.01. The Morgan fingerprint density at radius 1 is 1.15 bits per heavy atom. The van der Waals surface area contributed by atoms with Crippen molar-refractivity contribution in [2.24, 2.45) is 0 Å². The lowest BCUT2D eigenvalue weighted by molar-refractivity contribution is 0.206. The molecule has 1 N–H and O–H groups in total. The van der Waals surface area contributed by atoms with Crippen molar-refractivity contribution in [3.63, 3.8) is 0 Å². The molecule has 1 aliphatic rings. The average Bonchev–Trinajstić information content (AvgIpc) is 3.37. The van der Waals surface area contributed by atoms with Crippen LogP contribution in [0.4, 0.5) is 4.79 Å². The zero-order valence-corrected chi connectivity index (χ0v) is 15.5. The first-order chi connectivity index (χ1) is 13.2. The van der Waals surface area contributed by atoms with E-state index in [-0.39, 0.29) is 12.1 Å². The van der Waals surface area contributed by atoms with Gasteiger partial charge in [-0.1, -0.05) is 59.3 Å². The molecule has 1 saturated heterocycles. The Morgan fingerprint density at radius 2 is 1.93 bits per heavy atom. The number of rotatable bonds is 4. The monoisotopic (exact) mass is 381 g/mol. The lowest BCUT2D eigenvalue weighted by Crippen LogP contribution is -2.38. The number of carbonyl (C=O) groups excluding carboxylic acids is 1. The molecular formula is C20H20ClN5O. The van der Waals surface area contributed by atoms with E-state index in [1.54, 1.807) is 0 Å². The number of aromatic nitrogens is 3. The van der Waals surface area contributed by atoms with Crippen molar-refractivity contribution in [1.82, 2.24) is 25.2 Å². The zero-order valence-electron chi connectivity index (χ0n) is 14.8. The Morgan fingerprint density at radius 3 is 2.70 bits per heavy atom. The van der Waals surface area contributed by atoms with E-state index < -0.39 is 0 Å². The zero-order chi connectivity index (χ0) is 18.6. The van der Waals surface area contributed by atoms with Crippen LogP contribution in [0.1, 0.15) is 18.0 Å². The van der Waals surface area contributed by atoms with Gasteiger partial charge in [0, 0.05) is 30.2 Å². The summed E-state index contributed by atoms with van der Waals surface area (Å²) < 4.78 is 1.87. The second-order valence-corrected chi connectivity index (χ2v) is 7.06. The quantitative estimate of drug-likeness (QED) is 0.748. The number of carbonyl (C=O) groups is 1. The average molecular weight is 382 g/mol. The van der Waals surface area contributed by atoms with Gasteiger partial charge >= 0.3 is 6.03 Å². The summed E-state index contributed by atoms with van der Waals surface area (Å²) in [6, 6.07) is 17.5. The normalized spacial score (nSPS) is 16.5. The van der Waals surface area contributed by atoms with E-state index in [0.717, 1.165) is 23.2 Å². The Hall–Kier alpha value is -2.86. The van der Waals surface area contributed by atoms with E-state index in [1.165, 1.54) is 0 Å². The highest BCUT2D eigenvalue weighted by molar-refractivity contribution is 6.30. The Kier molecular flexibility index (Phi) is 5.07. The minimum absolute atomic E-state index is 0.0594. The molecule has 1 aromatic heterocycles. The van der Waals surface area contributed by atoms with Gasteiger partial charge in [-0.3, -0.25) is 0 Å². The predicted octanol–water partition coefficient (Wildman–Crippen LogP) is 3.76. The number of urea groups is 1. The van der Waals surface area contributed by atoms with Crippen molar-refractivity contribution >= 4 is 17.6 Å². The van der Waals surface area contributed by atoms with Gasteiger partial charge in [-0.25, -0.2) is 9.48 Å². The number of nitrogens with zero attached hydrogens (tertiary/aromatic N) is 4. The molecule has 2 heterocycles. The smallest absolute Gasteiger partial charge is 0.317 e. The lowest BCUT2D eigenvalue weighted by Gasteiger charge is -2.17. The molecule has 0 bridgehead atoms. The van der Waals surface area contributed by atoms with Crippen molar-refractivity contribution in [2.75, 3.05) is 13.1 Å². The number of likely N-dealkylation sites (tertiary alicyclic amines) is 1. The maximum absolute atomic E-state index is 12.4. The third kappa shape index (κ3) is 4.11. The van der Waals surface area contributed by atoms with E-state index >= 15 is 0 Å². The van der Waals surface area contributed by atoms with Gasteiger partial charge in [0.1, 0.15) is 5.69 Å². The molecule has 138 valence electrons. The highest BCUT2D eigenvalue weighted by Gasteiger charge is 2.28. The van der Waals surface area contributed by atoms with Gasteiger partial charge in [-0.2, -0.15) is 0 Å². The van der Waals surface area contributed by atoms with E-state index in [2.05, 4.69) is 15.6 Å². The van der Waals surface area contributed by atoms with Crippen molar-refractivity contribution in [2.45, 2.75) is 19.0 Å². The number of nitrogens with one attached hydrogen (secondary N) is 1. The molecule has 0 saturated carbocycles. The number of benzene rings is 2. The first-order valence-corrected chi connectivity index (χ1v) is 9.31. The minimum atomic E-state index is -0.0594.